The lowest BCUT2D eigenvalue weighted by molar-refractivity contribution is -0.142. The summed E-state index contributed by atoms with van der Waals surface area (Å²) in [4.78, 5) is 71.3. The van der Waals surface area contributed by atoms with E-state index in [2.05, 4.69) is 28.6 Å². The largest absolute Gasteiger partial charge is 0.480 e. The Labute approximate surface area is 200 Å². The predicted molar refractivity (Wildman–Crippen MR) is 123 cm³/mol. The highest BCUT2D eigenvalue weighted by atomic mass is 32.1. The lowest BCUT2D eigenvalue weighted by Crippen LogP contribution is -2.58. The van der Waals surface area contributed by atoms with E-state index < -0.39 is 72.5 Å². The van der Waals surface area contributed by atoms with Crippen LogP contribution in [0.2, 0.25) is 0 Å². The van der Waals surface area contributed by atoms with E-state index in [1.807, 2.05) is 0 Å². The normalized spacial score (nSPS) is 14.1. The molecule has 0 saturated heterocycles. The number of hydrogen-bond acceptors (Lipinski definition) is 8. The summed E-state index contributed by atoms with van der Waals surface area (Å²) in [5.74, 6) is -6.07. The summed E-state index contributed by atoms with van der Waals surface area (Å²) in [5.41, 5.74) is 16.3. The Morgan fingerprint density at radius 2 is 1.29 bits per heavy atom. The number of carboxylic acids is 1. The van der Waals surface area contributed by atoms with Crippen LogP contribution in [-0.2, 0) is 35.2 Å². The molecular formula is C20H28N6O7S. The van der Waals surface area contributed by atoms with Crippen LogP contribution in [0, 0.1) is 0 Å². The van der Waals surface area contributed by atoms with Gasteiger partial charge in [0.25, 0.3) is 0 Å². The van der Waals surface area contributed by atoms with Gasteiger partial charge in [0.2, 0.25) is 29.5 Å². The van der Waals surface area contributed by atoms with Crippen molar-refractivity contribution in [3.63, 3.8) is 0 Å². The molecule has 0 spiro atoms. The van der Waals surface area contributed by atoms with E-state index in [4.69, 9.17) is 17.2 Å². The molecule has 4 atom stereocenters. The molecule has 1 rings (SSSR count). The van der Waals surface area contributed by atoms with Gasteiger partial charge in [0.05, 0.1) is 18.9 Å². The van der Waals surface area contributed by atoms with Crippen molar-refractivity contribution in [2.75, 3.05) is 5.75 Å². The lowest BCUT2D eigenvalue weighted by atomic mass is 10.1. The zero-order valence-electron chi connectivity index (χ0n) is 18.1. The van der Waals surface area contributed by atoms with Gasteiger partial charge in [-0.3, -0.25) is 24.0 Å². The average Bonchev–Trinajstić information content (AvgIpc) is 2.75. The Bertz CT molecular complexity index is 914. The van der Waals surface area contributed by atoms with Gasteiger partial charge in [-0.05, 0) is 5.56 Å². The number of nitrogens with two attached hydrogens (primary N) is 3. The highest BCUT2D eigenvalue weighted by Gasteiger charge is 2.30. The van der Waals surface area contributed by atoms with Crippen LogP contribution in [-0.4, -0.2) is 70.5 Å². The first-order chi connectivity index (χ1) is 15.9. The summed E-state index contributed by atoms with van der Waals surface area (Å²) >= 11 is 4.01. The van der Waals surface area contributed by atoms with Gasteiger partial charge < -0.3 is 38.3 Å². The molecule has 14 heteroatoms. The van der Waals surface area contributed by atoms with Crippen LogP contribution in [0.1, 0.15) is 18.4 Å². The third-order valence-electron chi connectivity index (χ3n) is 4.51. The first-order valence-electron chi connectivity index (χ1n) is 10.1. The molecule has 0 aliphatic rings. The fourth-order valence-electron chi connectivity index (χ4n) is 2.79. The highest BCUT2D eigenvalue weighted by Crippen LogP contribution is 2.05. The van der Waals surface area contributed by atoms with Gasteiger partial charge in [-0.2, -0.15) is 12.6 Å². The van der Waals surface area contributed by atoms with Crippen LogP contribution in [0.3, 0.4) is 0 Å². The highest BCUT2D eigenvalue weighted by molar-refractivity contribution is 7.80. The topological polar surface area (TPSA) is 237 Å². The van der Waals surface area contributed by atoms with Crippen LogP contribution in [0.15, 0.2) is 30.3 Å². The molecule has 186 valence electrons. The molecule has 1 aromatic carbocycles. The zero-order chi connectivity index (χ0) is 25.8. The smallest absolute Gasteiger partial charge is 0.326 e. The molecule has 10 N–H and O–H groups in total. The van der Waals surface area contributed by atoms with E-state index in [-0.39, 0.29) is 12.2 Å². The molecule has 4 unspecified atom stereocenters. The number of carbonyl (C=O) groups is 6. The molecule has 34 heavy (non-hydrogen) atoms. The number of nitrogens with one attached hydrogen (secondary N) is 3. The SMILES string of the molecule is NC(=O)CC(N)C(=O)NC(CC(N)=O)C(=O)NC(CS)C(=O)NC(Cc1ccccc1)C(=O)O. The third kappa shape index (κ3) is 9.87. The number of rotatable bonds is 14. The lowest BCUT2D eigenvalue weighted by Gasteiger charge is -2.24. The minimum Gasteiger partial charge on any atom is -0.480 e. The fraction of sp³-hybridized carbons (Fsp3) is 0.400. The maximum absolute atomic E-state index is 12.6. The first-order valence-corrected chi connectivity index (χ1v) is 10.7. The van der Waals surface area contributed by atoms with E-state index in [9.17, 15) is 33.9 Å². The fourth-order valence-corrected chi connectivity index (χ4v) is 3.04. The summed E-state index contributed by atoms with van der Waals surface area (Å²) in [7, 11) is 0. The van der Waals surface area contributed by atoms with E-state index in [0.29, 0.717) is 5.56 Å². The third-order valence-corrected chi connectivity index (χ3v) is 4.87. The number of aliphatic carboxylic acids is 1. The van der Waals surface area contributed by atoms with Gasteiger partial charge in [-0.1, -0.05) is 30.3 Å². The van der Waals surface area contributed by atoms with Crippen LogP contribution in [0.4, 0.5) is 0 Å². The van der Waals surface area contributed by atoms with Gasteiger partial charge in [0.15, 0.2) is 0 Å². The predicted octanol–water partition coefficient (Wildman–Crippen LogP) is -3.22. The summed E-state index contributed by atoms with van der Waals surface area (Å²) in [6.45, 7) is 0. The first kappa shape index (κ1) is 28.4. The van der Waals surface area contributed by atoms with Gasteiger partial charge in [-0.15, -0.1) is 0 Å². The monoisotopic (exact) mass is 496 g/mol. The van der Waals surface area contributed by atoms with Crippen LogP contribution >= 0.6 is 12.6 Å². The van der Waals surface area contributed by atoms with E-state index in [1.54, 1.807) is 30.3 Å². The molecule has 13 nitrogen and oxygen atoms in total. The van der Waals surface area contributed by atoms with Crippen molar-refractivity contribution in [1.82, 2.24) is 16.0 Å². The molecule has 0 aliphatic carbocycles. The molecule has 0 fully saturated rings. The van der Waals surface area contributed by atoms with Crippen molar-refractivity contribution in [2.45, 2.75) is 43.4 Å². The molecule has 1 aromatic rings. The zero-order valence-corrected chi connectivity index (χ0v) is 19.0. The Morgan fingerprint density at radius 3 is 1.79 bits per heavy atom. The van der Waals surface area contributed by atoms with Crippen molar-refractivity contribution in [3.05, 3.63) is 35.9 Å². The standard InChI is InChI=1S/C20H28N6O7S/c21-11(7-15(22)27)17(29)24-12(8-16(23)28)18(30)26-14(9-34)19(31)25-13(20(32)33)6-10-4-2-1-3-5-10/h1-5,11-14,34H,6-9,21H2,(H2,22,27)(H2,23,28)(H,24,29)(H,25,31)(H,26,30)(H,32,33). The van der Waals surface area contributed by atoms with Crippen molar-refractivity contribution in [1.29, 1.82) is 0 Å². The number of carbonyl (C=O) groups excluding carboxylic acids is 5. The average molecular weight is 497 g/mol. The molecule has 0 aliphatic heterocycles. The van der Waals surface area contributed by atoms with Crippen molar-refractivity contribution >= 4 is 48.1 Å². The van der Waals surface area contributed by atoms with Crippen LogP contribution in [0.5, 0.6) is 0 Å². The molecule has 5 amide bonds. The summed E-state index contributed by atoms with van der Waals surface area (Å²) in [5, 5.41) is 16.3. The molecule has 0 saturated carbocycles. The molecule has 0 bridgehead atoms. The molecular weight excluding hydrogens is 468 g/mol. The van der Waals surface area contributed by atoms with Crippen molar-refractivity contribution < 1.29 is 33.9 Å². The number of carboxylic acid groups (broad SMARTS) is 1. The Balaban J connectivity index is 2.88. The van der Waals surface area contributed by atoms with Gasteiger partial charge in [-0.25, -0.2) is 4.79 Å². The second kappa shape index (κ2) is 13.8. The Hall–Kier alpha value is -3.65. The number of benzene rings is 1. The van der Waals surface area contributed by atoms with Gasteiger partial charge >= 0.3 is 5.97 Å². The maximum atomic E-state index is 12.6. The molecule has 0 aromatic heterocycles. The molecule has 0 radical (unpaired) electrons. The maximum Gasteiger partial charge on any atom is 0.326 e. The number of thiol groups is 1. The minimum absolute atomic E-state index is 0.00669. The second-order valence-electron chi connectivity index (χ2n) is 7.34. The second-order valence-corrected chi connectivity index (χ2v) is 7.71. The summed E-state index contributed by atoms with van der Waals surface area (Å²) in [6.07, 6.45) is -1.14. The van der Waals surface area contributed by atoms with Crippen molar-refractivity contribution in [2.24, 2.45) is 17.2 Å². The van der Waals surface area contributed by atoms with Crippen LogP contribution in [0.25, 0.3) is 0 Å². The number of primary amides is 2. The van der Waals surface area contributed by atoms with Gasteiger partial charge in [0.1, 0.15) is 18.1 Å². The van der Waals surface area contributed by atoms with Crippen molar-refractivity contribution in [3.8, 4) is 0 Å². The van der Waals surface area contributed by atoms with E-state index >= 15 is 0 Å². The quantitative estimate of drug-likeness (QED) is 0.122. The van der Waals surface area contributed by atoms with Crippen LogP contribution < -0.4 is 33.2 Å². The summed E-state index contributed by atoms with van der Waals surface area (Å²) < 4.78 is 0. The van der Waals surface area contributed by atoms with E-state index in [0.717, 1.165) is 0 Å². The number of hydrogen-bond donors (Lipinski definition) is 8. The Kier molecular flexibility index (Phi) is 11.5. The van der Waals surface area contributed by atoms with Gasteiger partial charge in [0, 0.05) is 12.2 Å². The molecule has 0 heterocycles. The summed E-state index contributed by atoms with van der Waals surface area (Å²) in [6, 6.07) is 3.09. The minimum atomic E-state index is -1.52. The Morgan fingerprint density at radius 1 is 0.794 bits per heavy atom. The number of amides is 5. The van der Waals surface area contributed by atoms with E-state index in [1.165, 1.54) is 0 Å².